The van der Waals surface area contributed by atoms with Crippen LogP contribution in [0.3, 0.4) is 0 Å². The Morgan fingerprint density at radius 3 is 2.45 bits per heavy atom. The largest absolute Gasteiger partial charge is 0.480 e. The number of carbonyl (C=O) groups is 3. The van der Waals surface area contributed by atoms with Crippen molar-refractivity contribution in [3.05, 3.63) is 29.0 Å². The number of carbonyl (C=O) groups excluding carboxylic acids is 2. The molecule has 2 fully saturated rings. The number of aliphatic hydroxyl groups is 1. The fraction of sp³-hybridized carbons (Fsp3) is 0.550. The first-order valence-electron chi connectivity index (χ1n) is 10.1. The van der Waals surface area contributed by atoms with Crippen molar-refractivity contribution in [2.24, 2.45) is 11.8 Å². The Kier molecular flexibility index (Phi) is 7.69. The summed E-state index contributed by atoms with van der Waals surface area (Å²) in [6.07, 6.45) is 0.411. The molecule has 170 valence electrons. The van der Waals surface area contributed by atoms with Gasteiger partial charge < -0.3 is 25.3 Å². The molecule has 0 saturated carbocycles. The lowest BCUT2D eigenvalue weighted by molar-refractivity contribution is -0.138. The molecule has 2 atom stereocenters. The first-order chi connectivity index (χ1) is 14.8. The maximum Gasteiger partial charge on any atom is 0.320 e. The van der Waals surface area contributed by atoms with Crippen LogP contribution in [0, 0.1) is 17.7 Å². The monoisotopic (exact) mass is 456 g/mol. The summed E-state index contributed by atoms with van der Waals surface area (Å²) in [7, 11) is 0. The standard InChI is InChI=1S/C20H26ClFN4O5/c21-16-2-1-15(8-17(16)22)23-19(30)14-7-13(12-27)9-26(10-14)20(31)25-5-3-24(4-6-25)11-18(28)29/h1-2,8,13-14,27H,3-7,9-12H2,(H,23,30)(H,28,29)/t13-,14+/m1/s1. The molecule has 0 bridgehead atoms. The molecule has 9 nitrogen and oxygen atoms in total. The summed E-state index contributed by atoms with van der Waals surface area (Å²) >= 11 is 5.67. The van der Waals surface area contributed by atoms with Gasteiger partial charge in [-0.1, -0.05) is 11.6 Å². The number of piperidine rings is 1. The number of nitrogens with zero attached hydrogens (tertiary/aromatic N) is 3. The first-order valence-corrected chi connectivity index (χ1v) is 10.5. The minimum Gasteiger partial charge on any atom is -0.480 e. The van der Waals surface area contributed by atoms with Crippen LogP contribution in [0.15, 0.2) is 18.2 Å². The van der Waals surface area contributed by atoms with E-state index in [9.17, 15) is 23.9 Å². The fourth-order valence-corrected chi connectivity index (χ4v) is 4.11. The molecule has 0 spiro atoms. The third-order valence-corrected chi connectivity index (χ3v) is 5.93. The zero-order valence-electron chi connectivity index (χ0n) is 17.0. The number of hydrogen-bond acceptors (Lipinski definition) is 5. The molecule has 0 aliphatic carbocycles. The van der Waals surface area contributed by atoms with E-state index < -0.39 is 17.7 Å². The summed E-state index contributed by atoms with van der Waals surface area (Å²) < 4.78 is 13.6. The number of carboxylic acid groups (broad SMARTS) is 1. The average Bonchev–Trinajstić information content (AvgIpc) is 2.75. The van der Waals surface area contributed by atoms with Crippen LogP contribution in [-0.4, -0.2) is 95.2 Å². The zero-order valence-corrected chi connectivity index (χ0v) is 17.7. The number of rotatable bonds is 5. The second-order valence-electron chi connectivity index (χ2n) is 7.94. The Morgan fingerprint density at radius 1 is 1.13 bits per heavy atom. The number of carboxylic acids is 1. The fourth-order valence-electron chi connectivity index (χ4n) is 3.99. The van der Waals surface area contributed by atoms with Crippen molar-refractivity contribution in [1.82, 2.24) is 14.7 Å². The smallest absolute Gasteiger partial charge is 0.320 e. The molecular formula is C20H26ClFN4O5. The molecule has 11 heteroatoms. The van der Waals surface area contributed by atoms with Gasteiger partial charge in [-0.2, -0.15) is 0 Å². The highest BCUT2D eigenvalue weighted by Gasteiger charge is 2.36. The van der Waals surface area contributed by atoms with Crippen molar-refractivity contribution in [3.63, 3.8) is 0 Å². The van der Waals surface area contributed by atoms with Gasteiger partial charge in [0.25, 0.3) is 0 Å². The number of anilines is 1. The highest BCUT2D eigenvalue weighted by Crippen LogP contribution is 2.25. The lowest BCUT2D eigenvalue weighted by atomic mass is 9.89. The van der Waals surface area contributed by atoms with Crippen LogP contribution >= 0.6 is 11.6 Å². The highest BCUT2D eigenvalue weighted by molar-refractivity contribution is 6.30. The van der Waals surface area contributed by atoms with Crippen LogP contribution in [0.1, 0.15) is 6.42 Å². The Bertz CT molecular complexity index is 834. The molecule has 2 heterocycles. The Balaban J connectivity index is 1.61. The third-order valence-electron chi connectivity index (χ3n) is 5.63. The van der Waals surface area contributed by atoms with Crippen LogP contribution in [0.4, 0.5) is 14.9 Å². The summed E-state index contributed by atoms with van der Waals surface area (Å²) in [5.74, 6) is -2.71. The molecule has 3 rings (SSSR count). The maximum atomic E-state index is 13.6. The van der Waals surface area contributed by atoms with Gasteiger partial charge in [0.1, 0.15) is 5.82 Å². The van der Waals surface area contributed by atoms with E-state index in [1.54, 1.807) is 14.7 Å². The second-order valence-corrected chi connectivity index (χ2v) is 8.35. The number of aliphatic hydroxyl groups excluding tert-OH is 1. The number of nitrogens with one attached hydrogen (secondary N) is 1. The van der Waals surface area contributed by atoms with Gasteiger partial charge in [0, 0.05) is 57.5 Å². The number of amides is 3. The van der Waals surface area contributed by atoms with Gasteiger partial charge in [-0.25, -0.2) is 9.18 Å². The van der Waals surface area contributed by atoms with Crippen molar-refractivity contribution in [2.75, 3.05) is 57.7 Å². The molecule has 2 aliphatic heterocycles. The van der Waals surface area contributed by atoms with Gasteiger partial charge >= 0.3 is 12.0 Å². The predicted molar refractivity (Wildman–Crippen MR) is 111 cm³/mol. The zero-order chi connectivity index (χ0) is 22.5. The molecule has 2 saturated heterocycles. The normalized spacial score (nSPS) is 22.3. The topological polar surface area (TPSA) is 113 Å². The van der Waals surface area contributed by atoms with Crippen molar-refractivity contribution < 1.29 is 29.0 Å². The Hall–Kier alpha value is -2.43. The van der Waals surface area contributed by atoms with Gasteiger partial charge in [0.15, 0.2) is 0 Å². The minimum absolute atomic E-state index is 0.0452. The average molecular weight is 457 g/mol. The number of hydrogen-bond donors (Lipinski definition) is 3. The van der Waals surface area contributed by atoms with E-state index in [2.05, 4.69) is 5.32 Å². The number of aliphatic carboxylic acids is 1. The molecule has 0 radical (unpaired) electrons. The molecule has 0 aromatic heterocycles. The van der Waals surface area contributed by atoms with Crippen LogP contribution in [0.5, 0.6) is 0 Å². The van der Waals surface area contributed by atoms with Crippen LogP contribution in [0.25, 0.3) is 0 Å². The number of benzene rings is 1. The van der Waals surface area contributed by atoms with E-state index in [4.69, 9.17) is 16.7 Å². The number of likely N-dealkylation sites (tertiary alicyclic amines) is 1. The quantitative estimate of drug-likeness (QED) is 0.613. The van der Waals surface area contributed by atoms with Crippen molar-refractivity contribution in [1.29, 1.82) is 0 Å². The Labute approximate surface area is 184 Å². The number of urea groups is 1. The van der Waals surface area contributed by atoms with Crippen LogP contribution in [-0.2, 0) is 9.59 Å². The van der Waals surface area contributed by atoms with E-state index in [0.717, 1.165) is 6.07 Å². The summed E-state index contributed by atoms with van der Waals surface area (Å²) in [5.41, 5.74) is 0.269. The van der Waals surface area contributed by atoms with E-state index in [1.807, 2.05) is 0 Å². The molecule has 3 N–H and O–H groups in total. The van der Waals surface area contributed by atoms with Crippen molar-refractivity contribution in [3.8, 4) is 0 Å². The first kappa shape index (κ1) is 23.2. The SMILES string of the molecule is O=C(O)CN1CCN(C(=O)N2C[C@H](CO)C[C@H](C(=O)Nc3ccc(Cl)c(F)c3)C2)CC1. The molecule has 1 aromatic rings. The molecule has 2 aliphatic rings. The van der Waals surface area contributed by atoms with E-state index in [1.165, 1.54) is 12.1 Å². The highest BCUT2D eigenvalue weighted by atomic mass is 35.5. The van der Waals surface area contributed by atoms with Crippen LogP contribution in [0.2, 0.25) is 5.02 Å². The Morgan fingerprint density at radius 2 is 1.84 bits per heavy atom. The van der Waals surface area contributed by atoms with Gasteiger partial charge in [0.05, 0.1) is 17.5 Å². The second kappa shape index (κ2) is 10.3. The lowest BCUT2D eigenvalue weighted by Gasteiger charge is -2.41. The molecule has 1 aromatic carbocycles. The summed E-state index contributed by atoms with van der Waals surface area (Å²) in [6, 6.07) is 3.74. The molecule has 31 heavy (non-hydrogen) atoms. The van der Waals surface area contributed by atoms with E-state index in [-0.39, 0.29) is 48.3 Å². The minimum atomic E-state index is -0.906. The van der Waals surface area contributed by atoms with Gasteiger partial charge in [-0.05, 0) is 24.6 Å². The van der Waals surface area contributed by atoms with Crippen LogP contribution < -0.4 is 5.32 Å². The number of halogens is 2. The van der Waals surface area contributed by atoms with Gasteiger partial charge in [-0.15, -0.1) is 0 Å². The predicted octanol–water partition coefficient (Wildman–Crippen LogP) is 1.17. The third kappa shape index (κ3) is 6.05. The van der Waals surface area contributed by atoms with Crippen molar-refractivity contribution in [2.45, 2.75) is 6.42 Å². The molecule has 3 amide bonds. The summed E-state index contributed by atoms with van der Waals surface area (Å²) in [5, 5.41) is 21.2. The van der Waals surface area contributed by atoms with E-state index in [0.29, 0.717) is 39.1 Å². The molecular weight excluding hydrogens is 431 g/mol. The number of piperazine rings is 1. The van der Waals surface area contributed by atoms with Gasteiger partial charge in [-0.3, -0.25) is 14.5 Å². The van der Waals surface area contributed by atoms with Crippen molar-refractivity contribution >= 4 is 35.2 Å². The summed E-state index contributed by atoms with van der Waals surface area (Å²) in [6.45, 7) is 2.02. The van der Waals surface area contributed by atoms with E-state index >= 15 is 0 Å². The van der Waals surface area contributed by atoms with Gasteiger partial charge in [0.2, 0.25) is 5.91 Å². The molecule has 0 unspecified atom stereocenters. The maximum absolute atomic E-state index is 13.6. The lowest BCUT2D eigenvalue weighted by Crippen LogP contribution is -2.57. The summed E-state index contributed by atoms with van der Waals surface area (Å²) in [4.78, 5) is 41.6.